The Balaban J connectivity index is 2.75. The van der Waals surface area contributed by atoms with Crippen LogP contribution in [0.15, 0.2) is 18.2 Å². The largest absolute Gasteiger partial charge is 0.497 e. The smallest absolute Gasteiger partial charge is 0.321 e. The first-order valence-electron chi connectivity index (χ1n) is 6.54. The van der Waals surface area contributed by atoms with E-state index in [9.17, 15) is 14.7 Å². The third-order valence-electron chi connectivity index (χ3n) is 2.69. The van der Waals surface area contributed by atoms with Crippen LogP contribution < -0.4 is 20.1 Å². The molecule has 0 saturated heterocycles. The maximum atomic E-state index is 11.8. The summed E-state index contributed by atoms with van der Waals surface area (Å²) in [5.74, 6) is 0.293. The fourth-order valence-electron chi connectivity index (χ4n) is 1.56. The Hall–Kier alpha value is -2.28. The van der Waals surface area contributed by atoms with Gasteiger partial charge in [-0.1, -0.05) is 0 Å². The van der Waals surface area contributed by atoms with Crippen LogP contribution in [0.25, 0.3) is 0 Å². The van der Waals surface area contributed by atoms with Gasteiger partial charge in [0.1, 0.15) is 11.5 Å². The number of aliphatic hydroxyl groups is 1. The summed E-state index contributed by atoms with van der Waals surface area (Å²) in [6, 6.07) is 4.31. The quantitative estimate of drug-likeness (QED) is 0.721. The lowest BCUT2D eigenvalue weighted by atomic mass is 10.2. The topological polar surface area (TPSA) is 96.9 Å². The van der Waals surface area contributed by atoms with Crippen molar-refractivity contribution in [2.45, 2.75) is 26.6 Å². The molecular weight excluding hydrogens is 276 g/mol. The van der Waals surface area contributed by atoms with E-state index in [4.69, 9.17) is 9.47 Å². The summed E-state index contributed by atoms with van der Waals surface area (Å²) in [4.78, 5) is 23.1. The van der Waals surface area contributed by atoms with E-state index in [0.29, 0.717) is 23.6 Å². The summed E-state index contributed by atoms with van der Waals surface area (Å²) in [5, 5.41) is 13.9. The van der Waals surface area contributed by atoms with Gasteiger partial charge in [0.15, 0.2) is 6.10 Å². The van der Waals surface area contributed by atoms with Crippen molar-refractivity contribution in [1.29, 1.82) is 0 Å². The second kappa shape index (κ2) is 8.11. The predicted molar refractivity (Wildman–Crippen MR) is 76.2 cm³/mol. The summed E-state index contributed by atoms with van der Waals surface area (Å²) in [6.45, 7) is 3.44. The molecule has 0 aliphatic carbocycles. The second-order valence-corrected chi connectivity index (χ2v) is 4.24. The molecule has 21 heavy (non-hydrogen) atoms. The third kappa shape index (κ3) is 4.96. The zero-order chi connectivity index (χ0) is 15.8. The number of nitrogens with one attached hydrogen (secondary N) is 2. The van der Waals surface area contributed by atoms with Gasteiger partial charge in [-0.25, -0.2) is 4.79 Å². The summed E-state index contributed by atoms with van der Waals surface area (Å²) < 4.78 is 10.6. The van der Waals surface area contributed by atoms with Gasteiger partial charge in [0.05, 0.1) is 13.7 Å². The molecule has 1 atom stereocenters. The fourth-order valence-corrected chi connectivity index (χ4v) is 1.56. The molecule has 0 saturated carbocycles. The van der Waals surface area contributed by atoms with Gasteiger partial charge in [-0.05, 0) is 26.0 Å². The molecule has 0 heterocycles. The average Bonchev–Trinajstić information content (AvgIpc) is 2.47. The number of benzene rings is 1. The normalized spacial score (nSPS) is 11.4. The second-order valence-electron chi connectivity index (χ2n) is 4.24. The zero-order valence-corrected chi connectivity index (χ0v) is 12.3. The van der Waals surface area contributed by atoms with E-state index in [2.05, 4.69) is 10.6 Å². The minimum absolute atomic E-state index is 0.232. The average molecular weight is 296 g/mol. The van der Waals surface area contributed by atoms with Crippen LogP contribution in [-0.4, -0.2) is 36.8 Å². The molecule has 0 bridgehead atoms. The number of ether oxygens (including phenoxy) is 2. The SMILES string of the molecule is CCNC(=O)NC(=O)C(C)Oc1cc(OC)ccc1CO. The number of urea groups is 1. The highest BCUT2D eigenvalue weighted by Crippen LogP contribution is 2.25. The molecule has 1 rings (SSSR count). The molecule has 0 fully saturated rings. The van der Waals surface area contributed by atoms with Crippen molar-refractivity contribution < 1.29 is 24.2 Å². The number of methoxy groups -OCH3 is 1. The Morgan fingerprint density at radius 3 is 2.67 bits per heavy atom. The lowest BCUT2D eigenvalue weighted by Crippen LogP contribution is -2.45. The molecule has 0 spiro atoms. The Bertz CT molecular complexity index is 504. The Morgan fingerprint density at radius 1 is 1.38 bits per heavy atom. The molecule has 116 valence electrons. The number of hydrogen-bond acceptors (Lipinski definition) is 5. The van der Waals surface area contributed by atoms with Crippen molar-refractivity contribution in [3.63, 3.8) is 0 Å². The van der Waals surface area contributed by atoms with Crippen LogP contribution in [0.1, 0.15) is 19.4 Å². The monoisotopic (exact) mass is 296 g/mol. The van der Waals surface area contributed by atoms with Crippen LogP contribution in [0.3, 0.4) is 0 Å². The molecule has 1 unspecified atom stereocenters. The van der Waals surface area contributed by atoms with Crippen LogP contribution in [0, 0.1) is 0 Å². The van der Waals surface area contributed by atoms with E-state index in [0.717, 1.165) is 0 Å². The lowest BCUT2D eigenvalue weighted by molar-refractivity contribution is -0.126. The summed E-state index contributed by atoms with van der Waals surface area (Å²) >= 11 is 0. The molecule has 3 N–H and O–H groups in total. The van der Waals surface area contributed by atoms with E-state index in [-0.39, 0.29) is 6.61 Å². The molecule has 7 heteroatoms. The van der Waals surface area contributed by atoms with Crippen molar-refractivity contribution in [2.75, 3.05) is 13.7 Å². The fraction of sp³-hybridized carbons (Fsp3) is 0.429. The maximum absolute atomic E-state index is 11.8. The summed E-state index contributed by atoms with van der Waals surface area (Å²) in [5.41, 5.74) is 0.522. The first kappa shape index (κ1) is 16.8. The van der Waals surface area contributed by atoms with E-state index < -0.39 is 18.0 Å². The van der Waals surface area contributed by atoms with Crippen molar-refractivity contribution in [1.82, 2.24) is 10.6 Å². The first-order chi connectivity index (χ1) is 10.0. The van der Waals surface area contributed by atoms with Crippen molar-refractivity contribution in [3.05, 3.63) is 23.8 Å². The van der Waals surface area contributed by atoms with Gasteiger partial charge in [-0.3, -0.25) is 10.1 Å². The molecule has 1 aromatic rings. The van der Waals surface area contributed by atoms with Gasteiger partial charge in [-0.15, -0.1) is 0 Å². The van der Waals surface area contributed by atoms with E-state index in [1.165, 1.54) is 14.0 Å². The molecule has 7 nitrogen and oxygen atoms in total. The Kier molecular flexibility index (Phi) is 6.48. The third-order valence-corrected chi connectivity index (χ3v) is 2.69. The number of imide groups is 1. The molecule has 0 aromatic heterocycles. The van der Waals surface area contributed by atoms with Gasteiger partial charge in [0, 0.05) is 18.2 Å². The van der Waals surface area contributed by atoms with E-state index in [1.807, 2.05) is 0 Å². The van der Waals surface area contributed by atoms with Crippen LogP contribution in [0.4, 0.5) is 4.79 Å². The number of rotatable bonds is 6. The number of aliphatic hydroxyl groups excluding tert-OH is 1. The summed E-state index contributed by atoms with van der Waals surface area (Å²) in [6.07, 6.45) is -0.898. The molecule has 1 aromatic carbocycles. The number of hydrogen-bond donors (Lipinski definition) is 3. The molecule has 0 radical (unpaired) electrons. The minimum Gasteiger partial charge on any atom is -0.497 e. The molecule has 0 aliphatic heterocycles. The van der Waals surface area contributed by atoms with Gasteiger partial charge in [0.25, 0.3) is 5.91 Å². The first-order valence-corrected chi connectivity index (χ1v) is 6.54. The van der Waals surface area contributed by atoms with Crippen LogP contribution in [0.2, 0.25) is 0 Å². The van der Waals surface area contributed by atoms with Crippen molar-refractivity contribution in [3.8, 4) is 11.5 Å². The van der Waals surface area contributed by atoms with Crippen molar-refractivity contribution >= 4 is 11.9 Å². The van der Waals surface area contributed by atoms with Gasteiger partial charge >= 0.3 is 6.03 Å². The van der Waals surface area contributed by atoms with E-state index in [1.54, 1.807) is 25.1 Å². The van der Waals surface area contributed by atoms with Crippen LogP contribution in [-0.2, 0) is 11.4 Å². The van der Waals surface area contributed by atoms with Crippen LogP contribution >= 0.6 is 0 Å². The van der Waals surface area contributed by atoms with Crippen molar-refractivity contribution in [2.24, 2.45) is 0 Å². The van der Waals surface area contributed by atoms with E-state index >= 15 is 0 Å². The molecular formula is C14H20N2O5. The highest BCUT2D eigenvalue weighted by molar-refractivity contribution is 5.96. The zero-order valence-electron chi connectivity index (χ0n) is 12.3. The Labute approximate surface area is 123 Å². The molecule has 3 amide bonds. The van der Waals surface area contributed by atoms with Gasteiger partial charge < -0.3 is 19.9 Å². The van der Waals surface area contributed by atoms with Gasteiger partial charge in [-0.2, -0.15) is 0 Å². The standard InChI is InChI=1S/C14H20N2O5/c1-4-15-14(19)16-13(18)9(2)21-12-7-11(20-3)6-5-10(12)8-17/h5-7,9,17H,4,8H2,1-3H3,(H2,15,16,18,19). The number of carbonyl (C=O) groups excluding carboxylic acids is 2. The maximum Gasteiger partial charge on any atom is 0.321 e. The molecule has 0 aliphatic rings. The van der Waals surface area contributed by atoms with Gasteiger partial charge in [0.2, 0.25) is 0 Å². The predicted octanol–water partition coefficient (Wildman–Crippen LogP) is 0.800. The Morgan fingerprint density at radius 2 is 2.10 bits per heavy atom. The number of carbonyl (C=O) groups is 2. The van der Waals surface area contributed by atoms with Crippen LogP contribution in [0.5, 0.6) is 11.5 Å². The summed E-state index contributed by atoms with van der Waals surface area (Å²) in [7, 11) is 1.50. The minimum atomic E-state index is -0.898. The lowest BCUT2D eigenvalue weighted by Gasteiger charge is -2.17. The highest BCUT2D eigenvalue weighted by atomic mass is 16.5. The number of amides is 3. The highest BCUT2D eigenvalue weighted by Gasteiger charge is 2.18.